The molecule has 4 heteroatoms. The van der Waals surface area contributed by atoms with Gasteiger partial charge in [-0.1, -0.05) is 19.8 Å². The molecule has 0 aromatic rings. The molecule has 1 fully saturated rings. The van der Waals surface area contributed by atoms with Gasteiger partial charge < -0.3 is 20.6 Å². The maximum Gasteiger partial charge on any atom is 0.0518 e. The van der Waals surface area contributed by atoms with Gasteiger partial charge >= 0.3 is 0 Å². The molecule has 2 atom stereocenters. The van der Waals surface area contributed by atoms with Crippen LogP contribution in [0.1, 0.15) is 32.6 Å². The first-order chi connectivity index (χ1) is 8.15. The van der Waals surface area contributed by atoms with Crippen molar-refractivity contribution in [3.63, 3.8) is 0 Å². The van der Waals surface area contributed by atoms with Gasteiger partial charge in [-0.3, -0.25) is 0 Å². The Labute approximate surface area is 104 Å². The van der Waals surface area contributed by atoms with E-state index in [1.165, 1.54) is 19.3 Å². The van der Waals surface area contributed by atoms with Gasteiger partial charge in [-0.05, 0) is 31.2 Å². The van der Waals surface area contributed by atoms with Crippen molar-refractivity contribution in [1.29, 1.82) is 0 Å². The fraction of sp³-hybridized carbons (Fsp3) is 1.00. The summed E-state index contributed by atoms with van der Waals surface area (Å²) in [6, 6.07) is 0. The Morgan fingerprint density at radius 1 is 1.06 bits per heavy atom. The Morgan fingerprint density at radius 3 is 2.18 bits per heavy atom. The van der Waals surface area contributed by atoms with Crippen LogP contribution >= 0.6 is 0 Å². The van der Waals surface area contributed by atoms with E-state index in [9.17, 15) is 15.3 Å². The van der Waals surface area contributed by atoms with E-state index in [1.807, 2.05) is 6.92 Å². The Hall–Kier alpha value is -0.160. The van der Waals surface area contributed by atoms with Gasteiger partial charge in [-0.25, -0.2) is 0 Å². The molecular weight excluding hydrogens is 218 g/mol. The number of hydrogen-bond acceptors (Lipinski definition) is 4. The summed E-state index contributed by atoms with van der Waals surface area (Å²) in [5.74, 6) is 0.959. The van der Waals surface area contributed by atoms with Gasteiger partial charge in [0.2, 0.25) is 0 Å². The summed E-state index contributed by atoms with van der Waals surface area (Å²) >= 11 is 0. The van der Waals surface area contributed by atoms with Crippen LogP contribution in [0.15, 0.2) is 0 Å². The van der Waals surface area contributed by atoms with Crippen molar-refractivity contribution in [3.05, 3.63) is 0 Å². The van der Waals surface area contributed by atoms with Gasteiger partial charge in [-0.2, -0.15) is 0 Å². The van der Waals surface area contributed by atoms with Gasteiger partial charge in [0.15, 0.2) is 0 Å². The van der Waals surface area contributed by atoms with Gasteiger partial charge in [-0.15, -0.1) is 0 Å². The maximum atomic E-state index is 9.31. The highest BCUT2D eigenvalue weighted by Crippen LogP contribution is 2.29. The summed E-state index contributed by atoms with van der Waals surface area (Å²) in [5.41, 5.74) is -0.441. The highest BCUT2D eigenvalue weighted by molar-refractivity contribution is 4.79. The highest BCUT2D eigenvalue weighted by Gasteiger charge is 2.26. The predicted octanol–water partition coefficient (Wildman–Crippen LogP) is 0.366. The first kappa shape index (κ1) is 14.9. The summed E-state index contributed by atoms with van der Waals surface area (Å²) in [5, 5.41) is 31.0. The SMILES string of the molecule is CC(CO)(CO)CNCC1CCCCC1CO. The predicted molar refractivity (Wildman–Crippen MR) is 67.7 cm³/mol. The topological polar surface area (TPSA) is 72.7 Å². The van der Waals surface area contributed by atoms with Crippen molar-refractivity contribution in [3.8, 4) is 0 Å². The highest BCUT2D eigenvalue weighted by atomic mass is 16.3. The van der Waals surface area contributed by atoms with Crippen LogP contribution in [0, 0.1) is 17.3 Å². The lowest BCUT2D eigenvalue weighted by molar-refractivity contribution is 0.0654. The smallest absolute Gasteiger partial charge is 0.0518 e. The first-order valence-corrected chi connectivity index (χ1v) is 6.68. The molecule has 0 heterocycles. The second-order valence-corrected chi connectivity index (χ2v) is 5.74. The summed E-state index contributed by atoms with van der Waals surface area (Å²) in [4.78, 5) is 0. The molecule has 1 aliphatic rings. The Bertz CT molecular complexity index is 207. The van der Waals surface area contributed by atoms with Crippen LogP contribution in [0.3, 0.4) is 0 Å². The van der Waals surface area contributed by atoms with Gasteiger partial charge in [0.1, 0.15) is 0 Å². The van der Waals surface area contributed by atoms with Crippen molar-refractivity contribution >= 4 is 0 Å². The standard InChI is InChI=1S/C13H27NO3/c1-13(9-16,10-17)8-14-6-11-4-2-3-5-12(11)7-15/h11-12,14-17H,2-10H2,1H3. The van der Waals surface area contributed by atoms with E-state index in [0.29, 0.717) is 18.4 Å². The molecule has 17 heavy (non-hydrogen) atoms. The van der Waals surface area contributed by atoms with Crippen molar-refractivity contribution in [2.75, 3.05) is 32.9 Å². The quantitative estimate of drug-likeness (QED) is 0.523. The lowest BCUT2D eigenvalue weighted by atomic mass is 9.79. The molecule has 0 spiro atoms. The lowest BCUT2D eigenvalue weighted by Crippen LogP contribution is -2.41. The molecule has 0 saturated heterocycles. The van der Waals surface area contributed by atoms with Crippen LogP contribution in [-0.4, -0.2) is 48.2 Å². The number of aliphatic hydroxyl groups excluding tert-OH is 3. The van der Waals surface area contributed by atoms with Crippen molar-refractivity contribution in [2.45, 2.75) is 32.6 Å². The fourth-order valence-electron chi connectivity index (χ4n) is 2.51. The molecule has 0 aromatic carbocycles. The molecular formula is C13H27NO3. The van der Waals surface area contributed by atoms with E-state index in [0.717, 1.165) is 13.0 Å². The lowest BCUT2D eigenvalue weighted by Gasteiger charge is -2.32. The molecule has 0 amide bonds. The summed E-state index contributed by atoms with van der Waals surface area (Å²) < 4.78 is 0. The largest absolute Gasteiger partial charge is 0.396 e. The molecule has 4 nitrogen and oxygen atoms in total. The Morgan fingerprint density at radius 2 is 1.65 bits per heavy atom. The molecule has 1 saturated carbocycles. The van der Waals surface area contributed by atoms with Gasteiger partial charge in [0, 0.05) is 18.6 Å². The van der Waals surface area contributed by atoms with Gasteiger partial charge in [0.05, 0.1) is 13.2 Å². The van der Waals surface area contributed by atoms with Crippen LogP contribution in [0.4, 0.5) is 0 Å². The van der Waals surface area contributed by atoms with Crippen LogP contribution in [-0.2, 0) is 0 Å². The average Bonchev–Trinajstić information content (AvgIpc) is 2.39. The molecule has 1 aliphatic carbocycles. The molecule has 102 valence electrons. The van der Waals surface area contributed by atoms with E-state index in [1.54, 1.807) is 0 Å². The minimum absolute atomic E-state index is 0.00933. The van der Waals surface area contributed by atoms with Gasteiger partial charge in [0.25, 0.3) is 0 Å². The number of rotatable bonds is 7. The molecule has 1 rings (SSSR count). The third-order valence-electron chi connectivity index (χ3n) is 4.02. The number of nitrogens with one attached hydrogen (secondary N) is 1. The van der Waals surface area contributed by atoms with Crippen molar-refractivity contribution in [2.24, 2.45) is 17.3 Å². The molecule has 0 bridgehead atoms. The third kappa shape index (κ3) is 4.54. The molecule has 0 radical (unpaired) electrons. The number of hydrogen-bond donors (Lipinski definition) is 4. The van der Waals surface area contributed by atoms with E-state index in [2.05, 4.69) is 5.32 Å². The molecule has 0 aromatic heterocycles. The van der Waals surface area contributed by atoms with Crippen LogP contribution in [0.25, 0.3) is 0 Å². The first-order valence-electron chi connectivity index (χ1n) is 6.68. The minimum Gasteiger partial charge on any atom is -0.396 e. The average molecular weight is 245 g/mol. The zero-order valence-electron chi connectivity index (χ0n) is 10.9. The molecule has 2 unspecified atom stereocenters. The zero-order chi connectivity index (χ0) is 12.7. The molecule has 0 aliphatic heterocycles. The summed E-state index contributed by atoms with van der Waals surface area (Å²) in [7, 11) is 0. The third-order valence-corrected chi connectivity index (χ3v) is 4.02. The van der Waals surface area contributed by atoms with E-state index >= 15 is 0 Å². The monoisotopic (exact) mass is 245 g/mol. The van der Waals surface area contributed by atoms with E-state index in [4.69, 9.17) is 0 Å². The van der Waals surface area contributed by atoms with E-state index in [-0.39, 0.29) is 19.8 Å². The second-order valence-electron chi connectivity index (χ2n) is 5.74. The van der Waals surface area contributed by atoms with E-state index < -0.39 is 5.41 Å². The van der Waals surface area contributed by atoms with Crippen LogP contribution in [0.2, 0.25) is 0 Å². The maximum absolute atomic E-state index is 9.31. The second kappa shape index (κ2) is 7.31. The van der Waals surface area contributed by atoms with Crippen LogP contribution < -0.4 is 5.32 Å². The fourth-order valence-corrected chi connectivity index (χ4v) is 2.51. The van der Waals surface area contributed by atoms with Crippen molar-refractivity contribution < 1.29 is 15.3 Å². The normalized spacial score (nSPS) is 26.1. The molecule has 4 N–H and O–H groups in total. The van der Waals surface area contributed by atoms with Crippen molar-refractivity contribution in [1.82, 2.24) is 5.32 Å². The zero-order valence-corrected chi connectivity index (χ0v) is 10.9. The number of aliphatic hydroxyl groups is 3. The summed E-state index contributed by atoms with van der Waals surface area (Å²) in [6.07, 6.45) is 4.78. The minimum atomic E-state index is -0.441. The van der Waals surface area contributed by atoms with Crippen LogP contribution in [0.5, 0.6) is 0 Å². The Kier molecular flexibility index (Phi) is 6.41. The Balaban J connectivity index is 2.29. The summed E-state index contributed by atoms with van der Waals surface area (Å²) in [6.45, 7) is 3.62.